The highest BCUT2D eigenvalue weighted by atomic mass is 127. The first-order valence-corrected chi connectivity index (χ1v) is 8.75. The van der Waals surface area contributed by atoms with Crippen molar-refractivity contribution in [3.63, 3.8) is 0 Å². The standard InChI is InChI=1S/C18H18ClIO3/c1-3-12-7-8-17(15(19)9-12)23-11-14-13(10-18(21)22-2)5-4-6-16(14)20/h4-9H,3,10-11H2,1-2H3. The summed E-state index contributed by atoms with van der Waals surface area (Å²) in [6.45, 7) is 2.44. The van der Waals surface area contributed by atoms with E-state index in [0.29, 0.717) is 17.4 Å². The van der Waals surface area contributed by atoms with Gasteiger partial charge < -0.3 is 9.47 Å². The van der Waals surface area contributed by atoms with Crippen molar-refractivity contribution >= 4 is 40.2 Å². The van der Waals surface area contributed by atoms with Crippen molar-refractivity contribution in [3.8, 4) is 5.75 Å². The third-order valence-electron chi connectivity index (χ3n) is 3.55. The molecule has 2 aromatic rings. The Balaban J connectivity index is 2.18. The van der Waals surface area contributed by atoms with Gasteiger partial charge in [-0.3, -0.25) is 4.79 Å². The minimum absolute atomic E-state index is 0.231. The summed E-state index contributed by atoms with van der Waals surface area (Å²) in [4.78, 5) is 11.6. The predicted octanol–water partition coefficient (Wildman–Crippen LogP) is 4.80. The van der Waals surface area contributed by atoms with Crippen LogP contribution in [0.5, 0.6) is 5.75 Å². The van der Waals surface area contributed by atoms with E-state index in [1.165, 1.54) is 12.7 Å². The molecular formula is C18H18ClIO3. The third kappa shape index (κ3) is 4.85. The van der Waals surface area contributed by atoms with Crippen LogP contribution in [0.1, 0.15) is 23.6 Å². The van der Waals surface area contributed by atoms with Crippen LogP contribution in [0.15, 0.2) is 36.4 Å². The average Bonchev–Trinajstić information content (AvgIpc) is 2.55. The molecule has 0 aliphatic carbocycles. The van der Waals surface area contributed by atoms with Gasteiger partial charge in [0.05, 0.1) is 18.6 Å². The van der Waals surface area contributed by atoms with Crippen molar-refractivity contribution < 1.29 is 14.3 Å². The van der Waals surface area contributed by atoms with E-state index < -0.39 is 0 Å². The van der Waals surface area contributed by atoms with Gasteiger partial charge >= 0.3 is 5.97 Å². The summed E-state index contributed by atoms with van der Waals surface area (Å²) in [6.07, 6.45) is 1.16. The van der Waals surface area contributed by atoms with Crippen LogP contribution in [0, 0.1) is 3.57 Å². The maximum atomic E-state index is 11.6. The quantitative estimate of drug-likeness (QED) is 0.474. The summed E-state index contributed by atoms with van der Waals surface area (Å²) in [6, 6.07) is 11.6. The second kappa shape index (κ2) is 8.55. The molecule has 0 aliphatic rings. The smallest absolute Gasteiger partial charge is 0.309 e. The molecule has 0 fully saturated rings. The Bertz CT molecular complexity index is 701. The highest BCUT2D eigenvalue weighted by Crippen LogP contribution is 2.28. The molecule has 0 aliphatic heterocycles. The zero-order chi connectivity index (χ0) is 16.8. The Labute approximate surface area is 155 Å². The molecule has 2 aromatic carbocycles. The van der Waals surface area contributed by atoms with Crippen molar-refractivity contribution in [3.05, 3.63) is 61.7 Å². The molecule has 0 heterocycles. The lowest BCUT2D eigenvalue weighted by Crippen LogP contribution is -2.09. The minimum atomic E-state index is -0.265. The molecule has 0 unspecified atom stereocenters. The van der Waals surface area contributed by atoms with E-state index in [1.807, 2.05) is 36.4 Å². The summed E-state index contributed by atoms with van der Waals surface area (Å²) in [5, 5.41) is 0.602. The van der Waals surface area contributed by atoms with Gasteiger partial charge in [-0.25, -0.2) is 0 Å². The molecule has 0 saturated heterocycles. The second-order valence-electron chi connectivity index (χ2n) is 5.04. The molecule has 122 valence electrons. The van der Waals surface area contributed by atoms with Crippen LogP contribution in [0.3, 0.4) is 0 Å². The van der Waals surface area contributed by atoms with Crippen LogP contribution >= 0.6 is 34.2 Å². The number of benzene rings is 2. The lowest BCUT2D eigenvalue weighted by atomic mass is 10.1. The van der Waals surface area contributed by atoms with Crippen LogP contribution in [-0.4, -0.2) is 13.1 Å². The molecule has 0 saturated carbocycles. The molecule has 2 rings (SSSR count). The normalized spacial score (nSPS) is 10.4. The molecule has 23 heavy (non-hydrogen) atoms. The van der Waals surface area contributed by atoms with Gasteiger partial charge in [0.2, 0.25) is 0 Å². The summed E-state index contributed by atoms with van der Waals surface area (Å²) < 4.78 is 11.7. The van der Waals surface area contributed by atoms with Crippen LogP contribution in [-0.2, 0) is 29.0 Å². The number of rotatable bonds is 6. The van der Waals surface area contributed by atoms with Crippen molar-refractivity contribution in [2.45, 2.75) is 26.4 Å². The molecule has 0 bridgehead atoms. The number of esters is 1. The van der Waals surface area contributed by atoms with Crippen molar-refractivity contribution in [2.24, 2.45) is 0 Å². The van der Waals surface area contributed by atoms with Gasteiger partial charge in [0.15, 0.2) is 0 Å². The van der Waals surface area contributed by atoms with E-state index in [-0.39, 0.29) is 12.4 Å². The van der Waals surface area contributed by atoms with E-state index in [1.54, 1.807) is 0 Å². The number of methoxy groups -OCH3 is 1. The Hall–Kier alpha value is -1.27. The Morgan fingerprint density at radius 2 is 2.04 bits per heavy atom. The van der Waals surface area contributed by atoms with Gasteiger partial charge in [-0.05, 0) is 58.3 Å². The second-order valence-corrected chi connectivity index (χ2v) is 6.61. The maximum Gasteiger partial charge on any atom is 0.309 e. The third-order valence-corrected chi connectivity index (χ3v) is 4.86. The molecule has 3 nitrogen and oxygen atoms in total. The fourth-order valence-corrected chi connectivity index (χ4v) is 3.16. The van der Waals surface area contributed by atoms with Crippen LogP contribution in [0.25, 0.3) is 0 Å². The molecule has 0 atom stereocenters. The van der Waals surface area contributed by atoms with Gasteiger partial charge in [0.25, 0.3) is 0 Å². The first-order chi connectivity index (χ1) is 11.0. The molecular weight excluding hydrogens is 427 g/mol. The first kappa shape index (κ1) is 18.1. The number of carbonyl (C=O) groups excluding carboxylic acids is 1. The van der Waals surface area contributed by atoms with E-state index >= 15 is 0 Å². The minimum Gasteiger partial charge on any atom is -0.487 e. The zero-order valence-corrected chi connectivity index (χ0v) is 16.0. The SMILES string of the molecule is CCc1ccc(OCc2c(I)cccc2CC(=O)OC)c(Cl)c1. The van der Waals surface area contributed by atoms with E-state index in [0.717, 1.165) is 21.1 Å². The highest BCUT2D eigenvalue weighted by molar-refractivity contribution is 14.1. The fourth-order valence-electron chi connectivity index (χ4n) is 2.19. The number of hydrogen-bond donors (Lipinski definition) is 0. The summed E-state index contributed by atoms with van der Waals surface area (Å²) in [5.74, 6) is 0.381. The lowest BCUT2D eigenvalue weighted by molar-refractivity contribution is -0.139. The van der Waals surface area contributed by atoms with Crippen molar-refractivity contribution in [1.29, 1.82) is 0 Å². The topological polar surface area (TPSA) is 35.5 Å². The molecule has 0 spiro atoms. The van der Waals surface area contributed by atoms with Gasteiger partial charge in [-0.2, -0.15) is 0 Å². The Kier molecular flexibility index (Phi) is 6.72. The number of carbonyl (C=O) groups is 1. The zero-order valence-electron chi connectivity index (χ0n) is 13.1. The monoisotopic (exact) mass is 444 g/mol. The van der Waals surface area contributed by atoms with Crippen LogP contribution in [0.2, 0.25) is 5.02 Å². The molecule has 0 radical (unpaired) electrons. The van der Waals surface area contributed by atoms with Crippen molar-refractivity contribution in [2.75, 3.05) is 7.11 Å². The van der Waals surface area contributed by atoms with Crippen LogP contribution < -0.4 is 4.74 Å². The maximum absolute atomic E-state index is 11.6. The van der Waals surface area contributed by atoms with Crippen LogP contribution in [0.4, 0.5) is 0 Å². The molecule has 0 N–H and O–H groups in total. The van der Waals surface area contributed by atoms with E-state index in [9.17, 15) is 4.79 Å². The number of halogens is 2. The first-order valence-electron chi connectivity index (χ1n) is 7.29. The Morgan fingerprint density at radius 1 is 1.26 bits per heavy atom. The summed E-state index contributed by atoms with van der Waals surface area (Å²) in [7, 11) is 1.39. The number of aryl methyl sites for hydroxylation is 1. The predicted molar refractivity (Wildman–Crippen MR) is 100 cm³/mol. The number of hydrogen-bond acceptors (Lipinski definition) is 3. The van der Waals surface area contributed by atoms with Gasteiger partial charge in [0, 0.05) is 9.13 Å². The van der Waals surface area contributed by atoms with Gasteiger partial charge in [-0.1, -0.05) is 36.7 Å². The average molecular weight is 445 g/mol. The molecule has 5 heteroatoms. The Morgan fingerprint density at radius 3 is 2.70 bits per heavy atom. The van der Waals surface area contributed by atoms with Gasteiger partial charge in [-0.15, -0.1) is 0 Å². The molecule has 0 amide bonds. The summed E-state index contributed by atoms with van der Waals surface area (Å²) in [5.41, 5.74) is 3.06. The van der Waals surface area contributed by atoms with Gasteiger partial charge in [0.1, 0.15) is 12.4 Å². The highest BCUT2D eigenvalue weighted by Gasteiger charge is 2.12. The van der Waals surface area contributed by atoms with E-state index in [4.69, 9.17) is 21.1 Å². The van der Waals surface area contributed by atoms with Crippen molar-refractivity contribution in [1.82, 2.24) is 0 Å². The fraction of sp³-hybridized carbons (Fsp3) is 0.278. The lowest BCUT2D eigenvalue weighted by Gasteiger charge is -2.14. The summed E-state index contributed by atoms with van der Waals surface area (Å²) >= 11 is 8.50. The van der Waals surface area contributed by atoms with E-state index in [2.05, 4.69) is 29.5 Å². The largest absolute Gasteiger partial charge is 0.487 e. The number of ether oxygens (including phenoxy) is 2. The molecule has 0 aromatic heterocycles.